The average Bonchev–Trinajstić information content (AvgIpc) is 2.50. The first-order chi connectivity index (χ1) is 10.5. The Morgan fingerprint density at radius 1 is 0.909 bits per heavy atom. The number of hydrogen-bond donors (Lipinski definition) is 2. The number of amides is 2. The summed E-state index contributed by atoms with van der Waals surface area (Å²) in [7, 11) is 1.31. The van der Waals surface area contributed by atoms with E-state index in [0.29, 0.717) is 16.9 Å². The molecule has 2 aromatic carbocycles. The van der Waals surface area contributed by atoms with Gasteiger partial charge in [-0.2, -0.15) is 0 Å². The summed E-state index contributed by atoms with van der Waals surface area (Å²) in [5, 5.41) is 5.44. The number of aryl methyl sites for hydroxylation is 2. The maximum atomic E-state index is 12.0. The van der Waals surface area contributed by atoms with E-state index in [-0.39, 0.29) is 6.03 Å². The van der Waals surface area contributed by atoms with Gasteiger partial charge >= 0.3 is 12.0 Å². The summed E-state index contributed by atoms with van der Waals surface area (Å²) in [4.78, 5) is 23.5. The van der Waals surface area contributed by atoms with Gasteiger partial charge in [0.2, 0.25) is 0 Å². The Morgan fingerprint density at radius 3 is 2.23 bits per heavy atom. The van der Waals surface area contributed by atoms with Gasteiger partial charge in [0.15, 0.2) is 0 Å². The Bertz CT molecular complexity index is 711. The lowest BCUT2D eigenvalue weighted by molar-refractivity contribution is 0.0600. The molecule has 22 heavy (non-hydrogen) atoms. The van der Waals surface area contributed by atoms with Gasteiger partial charge in [-0.05, 0) is 55.3 Å². The molecule has 0 saturated carbocycles. The molecule has 0 aliphatic carbocycles. The number of carbonyl (C=O) groups is 2. The van der Waals surface area contributed by atoms with E-state index < -0.39 is 5.97 Å². The number of methoxy groups -OCH3 is 1. The maximum absolute atomic E-state index is 12.0. The summed E-state index contributed by atoms with van der Waals surface area (Å²) >= 11 is 0. The minimum atomic E-state index is -0.446. The zero-order valence-corrected chi connectivity index (χ0v) is 12.8. The molecule has 0 bridgehead atoms. The number of rotatable bonds is 3. The van der Waals surface area contributed by atoms with Gasteiger partial charge in [0.25, 0.3) is 0 Å². The van der Waals surface area contributed by atoms with Crippen molar-refractivity contribution < 1.29 is 14.3 Å². The third-order valence-corrected chi connectivity index (χ3v) is 3.31. The van der Waals surface area contributed by atoms with E-state index in [1.54, 1.807) is 24.3 Å². The number of anilines is 2. The molecule has 0 saturated heterocycles. The van der Waals surface area contributed by atoms with Gasteiger partial charge in [-0.1, -0.05) is 12.1 Å². The molecule has 0 heterocycles. The number of ether oxygens (including phenoxy) is 1. The number of esters is 1. The highest BCUT2D eigenvalue weighted by Gasteiger charge is 2.08. The lowest BCUT2D eigenvalue weighted by Crippen LogP contribution is -2.19. The van der Waals surface area contributed by atoms with Crippen LogP contribution in [0.3, 0.4) is 0 Å². The number of urea groups is 1. The molecule has 5 heteroatoms. The normalized spacial score (nSPS) is 9.95. The summed E-state index contributed by atoms with van der Waals surface area (Å²) in [5.74, 6) is -0.446. The number of nitrogens with one attached hydrogen (secondary N) is 2. The van der Waals surface area contributed by atoms with E-state index in [1.165, 1.54) is 7.11 Å². The Labute approximate surface area is 129 Å². The highest BCUT2D eigenvalue weighted by Crippen LogP contribution is 2.15. The van der Waals surface area contributed by atoms with E-state index >= 15 is 0 Å². The molecule has 0 spiro atoms. The Balaban J connectivity index is 2.05. The van der Waals surface area contributed by atoms with Crippen LogP contribution >= 0.6 is 0 Å². The van der Waals surface area contributed by atoms with Crippen LogP contribution in [0.15, 0.2) is 42.5 Å². The first-order valence-corrected chi connectivity index (χ1v) is 6.83. The molecule has 2 rings (SSSR count). The van der Waals surface area contributed by atoms with Crippen molar-refractivity contribution in [2.24, 2.45) is 0 Å². The summed E-state index contributed by atoms with van der Waals surface area (Å²) < 4.78 is 4.65. The second-order valence-electron chi connectivity index (χ2n) is 4.95. The topological polar surface area (TPSA) is 67.4 Å². The lowest BCUT2D eigenvalue weighted by atomic mass is 10.1. The van der Waals surface area contributed by atoms with Gasteiger partial charge in [-0.3, -0.25) is 0 Å². The number of benzene rings is 2. The SMILES string of the molecule is COC(=O)c1cccc(NC(=O)Nc2ccc(C)c(C)c2)c1. The van der Waals surface area contributed by atoms with Crippen LogP contribution in [0.5, 0.6) is 0 Å². The number of hydrogen-bond acceptors (Lipinski definition) is 3. The van der Waals surface area contributed by atoms with Gasteiger partial charge in [-0.25, -0.2) is 9.59 Å². The molecule has 0 aliphatic heterocycles. The largest absolute Gasteiger partial charge is 0.465 e. The molecule has 2 aromatic rings. The fourth-order valence-electron chi connectivity index (χ4n) is 1.95. The van der Waals surface area contributed by atoms with Gasteiger partial charge < -0.3 is 15.4 Å². The van der Waals surface area contributed by atoms with Gasteiger partial charge in [-0.15, -0.1) is 0 Å². The third kappa shape index (κ3) is 3.85. The molecule has 0 fully saturated rings. The van der Waals surface area contributed by atoms with Crippen molar-refractivity contribution in [2.75, 3.05) is 17.7 Å². The van der Waals surface area contributed by atoms with E-state index in [1.807, 2.05) is 32.0 Å². The molecule has 0 radical (unpaired) electrons. The second-order valence-corrected chi connectivity index (χ2v) is 4.95. The van der Waals surface area contributed by atoms with E-state index in [2.05, 4.69) is 15.4 Å². The van der Waals surface area contributed by atoms with Crippen molar-refractivity contribution in [3.63, 3.8) is 0 Å². The fourth-order valence-corrected chi connectivity index (χ4v) is 1.95. The molecule has 114 valence electrons. The Morgan fingerprint density at radius 2 is 1.59 bits per heavy atom. The van der Waals surface area contributed by atoms with Gasteiger partial charge in [0, 0.05) is 11.4 Å². The molecule has 0 aromatic heterocycles. The van der Waals surface area contributed by atoms with Crippen molar-refractivity contribution in [1.82, 2.24) is 0 Å². The molecule has 5 nitrogen and oxygen atoms in total. The van der Waals surface area contributed by atoms with E-state index in [4.69, 9.17) is 0 Å². The van der Waals surface area contributed by atoms with Crippen molar-refractivity contribution in [1.29, 1.82) is 0 Å². The minimum Gasteiger partial charge on any atom is -0.465 e. The molecule has 0 atom stereocenters. The van der Waals surface area contributed by atoms with Crippen molar-refractivity contribution in [2.45, 2.75) is 13.8 Å². The van der Waals surface area contributed by atoms with Crippen LogP contribution in [-0.2, 0) is 4.74 Å². The quantitative estimate of drug-likeness (QED) is 0.848. The first-order valence-electron chi connectivity index (χ1n) is 6.83. The zero-order chi connectivity index (χ0) is 16.1. The van der Waals surface area contributed by atoms with Crippen LogP contribution in [0.4, 0.5) is 16.2 Å². The van der Waals surface area contributed by atoms with Crippen LogP contribution in [-0.4, -0.2) is 19.1 Å². The molecular formula is C17H18N2O3. The molecule has 2 amide bonds. The summed E-state index contributed by atoms with van der Waals surface area (Å²) in [5.41, 5.74) is 3.88. The average molecular weight is 298 g/mol. The fraction of sp³-hybridized carbons (Fsp3) is 0.176. The molecular weight excluding hydrogens is 280 g/mol. The minimum absolute atomic E-state index is 0.370. The number of carbonyl (C=O) groups excluding carboxylic acids is 2. The first kappa shape index (κ1) is 15.6. The van der Waals surface area contributed by atoms with Crippen LogP contribution in [0.1, 0.15) is 21.5 Å². The second kappa shape index (κ2) is 6.76. The molecule has 2 N–H and O–H groups in total. The smallest absolute Gasteiger partial charge is 0.337 e. The van der Waals surface area contributed by atoms with Crippen LogP contribution in [0, 0.1) is 13.8 Å². The highest BCUT2D eigenvalue weighted by molar-refractivity contribution is 6.00. The van der Waals surface area contributed by atoms with Crippen molar-refractivity contribution >= 4 is 23.4 Å². The third-order valence-electron chi connectivity index (χ3n) is 3.31. The summed E-state index contributed by atoms with van der Waals surface area (Å²) in [6.45, 7) is 4.00. The van der Waals surface area contributed by atoms with Gasteiger partial charge in [0.05, 0.1) is 12.7 Å². The van der Waals surface area contributed by atoms with Crippen LogP contribution in [0.2, 0.25) is 0 Å². The maximum Gasteiger partial charge on any atom is 0.337 e. The standard InChI is InChI=1S/C17H18N2O3/c1-11-7-8-15(9-12(11)2)19-17(21)18-14-6-4-5-13(10-14)16(20)22-3/h4-10H,1-3H3,(H2,18,19,21). The predicted molar refractivity (Wildman–Crippen MR) is 86.3 cm³/mol. The summed E-state index contributed by atoms with van der Waals surface area (Å²) in [6, 6.07) is 11.9. The van der Waals surface area contributed by atoms with E-state index in [9.17, 15) is 9.59 Å². The Hall–Kier alpha value is -2.82. The summed E-state index contributed by atoms with van der Waals surface area (Å²) in [6.07, 6.45) is 0. The van der Waals surface area contributed by atoms with Crippen molar-refractivity contribution in [3.05, 3.63) is 59.2 Å². The highest BCUT2D eigenvalue weighted by atomic mass is 16.5. The zero-order valence-electron chi connectivity index (χ0n) is 12.8. The van der Waals surface area contributed by atoms with E-state index in [0.717, 1.165) is 11.1 Å². The molecule has 0 aliphatic rings. The van der Waals surface area contributed by atoms with Gasteiger partial charge in [0.1, 0.15) is 0 Å². The predicted octanol–water partition coefficient (Wildman–Crippen LogP) is 3.73. The van der Waals surface area contributed by atoms with Crippen LogP contribution in [0.25, 0.3) is 0 Å². The van der Waals surface area contributed by atoms with Crippen LogP contribution < -0.4 is 10.6 Å². The molecule has 0 unspecified atom stereocenters. The monoisotopic (exact) mass is 298 g/mol. The van der Waals surface area contributed by atoms with Crippen molar-refractivity contribution in [3.8, 4) is 0 Å². The Kier molecular flexibility index (Phi) is 4.78. The lowest BCUT2D eigenvalue weighted by Gasteiger charge is -2.10.